The Balaban J connectivity index is 1.82. The van der Waals surface area contributed by atoms with E-state index in [0.29, 0.717) is 0 Å². The van der Waals surface area contributed by atoms with Gasteiger partial charge in [0.15, 0.2) is 0 Å². The predicted octanol–water partition coefficient (Wildman–Crippen LogP) is 4.48. The van der Waals surface area contributed by atoms with Crippen LogP contribution >= 0.6 is 0 Å². The Labute approximate surface area is 143 Å². The largest absolute Gasteiger partial charge is 0.361 e. The molecule has 2 aromatic rings. The summed E-state index contributed by atoms with van der Waals surface area (Å²) in [6.45, 7) is 6.87. The van der Waals surface area contributed by atoms with Crippen LogP contribution in [0, 0.1) is 6.92 Å². The van der Waals surface area contributed by atoms with Gasteiger partial charge in [0, 0.05) is 24.2 Å². The van der Waals surface area contributed by atoms with Crippen LogP contribution in [0.4, 0.5) is 10.5 Å². The number of carbonyl (C=O) groups is 1. The molecule has 0 bridgehead atoms. The molecule has 0 radical (unpaired) electrons. The number of urea groups is 1. The first kappa shape index (κ1) is 16.6. The van der Waals surface area contributed by atoms with Crippen LogP contribution in [-0.2, 0) is 12.8 Å². The lowest BCUT2D eigenvalue weighted by molar-refractivity contribution is 0.206. The molecule has 5 heteroatoms. The first-order valence-electron chi connectivity index (χ1n) is 8.76. The van der Waals surface area contributed by atoms with Crippen LogP contribution in [0.1, 0.15) is 55.3 Å². The van der Waals surface area contributed by atoms with Crippen molar-refractivity contribution >= 4 is 11.7 Å². The number of likely N-dealkylation sites (tertiary alicyclic amines) is 1. The molecule has 0 unspecified atom stereocenters. The van der Waals surface area contributed by atoms with Crippen molar-refractivity contribution in [3.8, 4) is 0 Å². The molecule has 5 nitrogen and oxygen atoms in total. The van der Waals surface area contributed by atoms with Gasteiger partial charge in [-0.05, 0) is 37.8 Å². The van der Waals surface area contributed by atoms with E-state index >= 15 is 0 Å². The number of anilines is 1. The summed E-state index contributed by atoms with van der Waals surface area (Å²) in [5.41, 5.74) is 4.03. The first-order valence-corrected chi connectivity index (χ1v) is 8.76. The number of para-hydroxylation sites is 1. The Morgan fingerprint density at radius 2 is 2.12 bits per heavy atom. The highest BCUT2D eigenvalue weighted by Crippen LogP contribution is 2.36. The van der Waals surface area contributed by atoms with Crippen molar-refractivity contribution in [3.63, 3.8) is 0 Å². The van der Waals surface area contributed by atoms with Crippen LogP contribution in [0.3, 0.4) is 0 Å². The fourth-order valence-electron chi connectivity index (χ4n) is 3.55. The Kier molecular flexibility index (Phi) is 4.88. The molecule has 0 saturated carbocycles. The Morgan fingerprint density at radius 3 is 2.88 bits per heavy atom. The number of nitrogens with zero attached hydrogens (tertiary/aromatic N) is 2. The number of hydrogen-bond donors (Lipinski definition) is 1. The molecule has 1 atom stereocenters. The van der Waals surface area contributed by atoms with Gasteiger partial charge in [0.1, 0.15) is 5.76 Å². The maximum absolute atomic E-state index is 12.9. The van der Waals surface area contributed by atoms with Gasteiger partial charge in [-0.1, -0.05) is 37.2 Å². The second-order valence-corrected chi connectivity index (χ2v) is 6.25. The van der Waals surface area contributed by atoms with Gasteiger partial charge in [0.25, 0.3) is 0 Å². The molecule has 128 valence electrons. The van der Waals surface area contributed by atoms with Gasteiger partial charge < -0.3 is 14.7 Å². The number of rotatable bonds is 4. The Hall–Kier alpha value is -2.30. The standard InChI is InChI=1S/C19H25N3O2/c1-4-14-9-6-7-10-15(14)20-19(23)22-12-8-11-16(22)18-13(3)21-24-17(18)5-2/h6-7,9-10,16H,4-5,8,11-12H2,1-3H3,(H,20,23)/t16-/m0/s1. The lowest BCUT2D eigenvalue weighted by Crippen LogP contribution is -2.35. The van der Waals surface area contributed by atoms with E-state index in [-0.39, 0.29) is 12.1 Å². The zero-order valence-electron chi connectivity index (χ0n) is 14.6. The molecule has 1 N–H and O–H groups in total. The lowest BCUT2D eigenvalue weighted by atomic mass is 10.0. The van der Waals surface area contributed by atoms with E-state index in [4.69, 9.17) is 4.52 Å². The minimum Gasteiger partial charge on any atom is -0.361 e. The van der Waals surface area contributed by atoms with Gasteiger partial charge in [0.2, 0.25) is 0 Å². The number of nitrogens with one attached hydrogen (secondary N) is 1. The molecule has 1 aromatic heterocycles. The Bertz CT molecular complexity index is 723. The molecule has 1 aromatic carbocycles. The first-order chi connectivity index (χ1) is 11.7. The molecule has 1 fully saturated rings. The van der Waals surface area contributed by atoms with Crippen molar-refractivity contribution in [2.24, 2.45) is 0 Å². The number of hydrogen-bond acceptors (Lipinski definition) is 3. The van der Waals surface area contributed by atoms with E-state index < -0.39 is 0 Å². The molecule has 0 aliphatic carbocycles. The third-order valence-corrected chi connectivity index (χ3v) is 4.79. The molecule has 1 aliphatic heterocycles. The molecule has 1 aliphatic rings. The van der Waals surface area contributed by atoms with Gasteiger partial charge in [-0.3, -0.25) is 0 Å². The predicted molar refractivity (Wildman–Crippen MR) is 94.1 cm³/mol. The van der Waals surface area contributed by atoms with Crippen molar-refractivity contribution in [2.75, 3.05) is 11.9 Å². The van der Waals surface area contributed by atoms with Crippen molar-refractivity contribution in [2.45, 2.75) is 52.5 Å². The van der Waals surface area contributed by atoms with Crippen molar-refractivity contribution in [1.82, 2.24) is 10.1 Å². The summed E-state index contributed by atoms with van der Waals surface area (Å²) in [6.07, 6.45) is 3.64. The van der Waals surface area contributed by atoms with E-state index in [9.17, 15) is 4.79 Å². The van der Waals surface area contributed by atoms with Gasteiger partial charge in [-0.15, -0.1) is 0 Å². The summed E-state index contributed by atoms with van der Waals surface area (Å²) in [5, 5.41) is 7.19. The van der Waals surface area contributed by atoms with E-state index in [2.05, 4.69) is 30.4 Å². The average Bonchev–Trinajstić information content (AvgIpc) is 3.21. The molecule has 2 heterocycles. The Morgan fingerprint density at radius 1 is 1.33 bits per heavy atom. The van der Waals surface area contributed by atoms with Crippen LogP contribution in [0.25, 0.3) is 0 Å². The number of aromatic nitrogens is 1. The summed E-state index contributed by atoms with van der Waals surface area (Å²) in [6, 6.07) is 7.98. The fraction of sp³-hybridized carbons (Fsp3) is 0.474. The maximum atomic E-state index is 12.9. The normalized spacial score (nSPS) is 17.3. The molecule has 1 saturated heterocycles. The molecule has 2 amide bonds. The number of carbonyl (C=O) groups excluding carboxylic acids is 1. The van der Waals surface area contributed by atoms with Crippen molar-refractivity contribution in [1.29, 1.82) is 0 Å². The summed E-state index contributed by atoms with van der Waals surface area (Å²) in [5.74, 6) is 0.895. The topological polar surface area (TPSA) is 58.4 Å². The number of benzene rings is 1. The third-order valence-electron chi connectivity index (χ3n) is 4.79. The van der Waals surface area contributed by atoms with Crippen LogP contribution in [0.15, 0.2) is 28.8 Å². The van der Waals surface area contributed by atoms with E-state index in [1.54, 1.807) is 0 Å². The molecule has 0 spiro atoms. The van der Waals surface area contributed by atoms with E-state index in [0.717, 1.165) is 60.5 Å². The SMILES string of the molecule is CCc1ccccc1NC(=O)N1CCC[C@H]1c1c(C)noc1CC. The summed E-state index contributed by atoms with van der Waals surface area (Å²) in [4.78, 5) is 14.8. The zero-order valence-corrected chi connectivity index (χ0v) is 14.6. The average molecular weight is 327 g/mol. The van der Waals surface area contributed by atoms with Gasteiger partial charge in [0.05, 0.1) is 11.7 Å². The lowest BCUT2D eigenvalue weighted by Gasteiger charge is -2.25. The number of aryl methyl sites for hydroxylation is 3. The van der Waals surface area contributed by atoms with Crippen molar-refractivity contribution < 1.29 is 9.32 Å². The second-order valence-electron chi connectivity index (χ2n) is 6.25. The van der Waals surface area contributed by atoms with Crippen LogP contribution < -0.4 is 5.32 Å². The third kappa shape index (κ3) is 3.03. The smallest absolute Gasteiger partial charge is 0.322 e. The summed E-state index contributed by atoms with van der Waals surface area (Å²) in [7, 11) is 0. The highest BCUT2D eigenvalue weighted by molar-refractivity contribution is 5.90. The zero-order chi connectivity index (χ0) is 17.1. The number of amides is 2. The quantitative estimate of drug-likeness (QED) is 0.901. The minimum absolute atomic E-state index is 0.0407. The second kappa shape index (κ2) is 7.07. The maximum Gasteiger partial charge on any atom is 0.322 e. The van der Waals surface area contributed by atoms with Gasteiger partial charge >= 0.3 is 6.03 Å². The van der Waals surface area contributed by atoms with Crippen LogP contribution in [0.2, 0.25) is 0 Å². The van der Waals surface area contributed by atoms with E-state index in [1.165, 1.54) is 0 Å². The van der Waals surface area contributed by atoms with Crippen molar-refractivity contribution in [3.05, 3.63) is 46.8 Å². The summed E-state index contributed by atoms with van der Waals surface area (Å²) < 4.78 is 5.43. The molecular weight excluding hydrogens is 302 g/mol. The highest BCUT2D eigenvalue weighted by Gasteiger charge is 2.34. The van der Waals surface area contributed by atoms with Crippen LogP contribution in [0.5, 0.6) is 0 Å². The fourth-order valence-corrected chi connectivity index (χ4v) is 3.55. The molecular formula is C19H25N3O2. The minimum atomic E-state index is -0.0407. The molecule has 3 rings (SSSR count). The van der Waals surface area contributed by atoms with Crippen LogP contribution in [-0.4, -0.2) is 22.6 Å². The van der Waals surface area contributed by atoms with Gasteiger partial charge in [-0.2, -0.15) is 0 Å². The highest BCUT2D eigenvalue weighted by atomic mass is 16.5. The summed E-state index contributed by atoms with van der Waals surface area (Å²) >= 11 is 0. The monoisotopic (exact) mass is 327 g/mol. The van der Waals surface area contributed by atoms with E-state index in [1.807, 2.05) is 30.0 Å². The van der Waals surface area contributed by atoms with Gasteiger partial charge in [-0.25, -0.2) is 4.79 Å². The molecule has 24 heavy (non-hydrogen) atoms.